The molecule has 2 saturated heterocycles. The molecule has 4 heteroatoms. The van der Waals surface area contributed by atoms with Crippen LogP contribution in [0.5, 0.6) is 0 Å². The van der Waals surface area contributed by atoms with Crippen LogP contribution in [0.25, 0.3) is 0 Å². The Kier molecular flexibility index (Phi) is 9.10. The molecule has 0 saturated carbocycles. The van der Waals surface area contributed by atoms with Crippen LogP contribution in [0, 0.1) is 11.8 Å². The quantitative estimate of drug-likeness (QED) is 0.813. The first kappa shape index (κ1) is 18.2. The number of rotatable bonds is 6. The van der Waals surface area contributed by atoms with Gasteiger partial charge in [-0.15, -0.1) is 12.4 Å². The molecule has 0 aliphatic carbocycles. The van der Waals surface area contributed by atoms with E-state index < -0.39 is 0 Å². The summed E-state index contributed by atoms with van der Waals surface area (Å²) in [6.07, 6.45) is 5.64. The predicted octanol–water partition coefficient (Wildman–Crippen LogP) is 2.46. The van der Waals surface area contributed by atoms with Crippen molar-refractivity contribution in [2.24, 2.45) is 11.8 Å². The highest BCUT2D eigenvalue weighted by Crippen LogP contribution is 2.20. The molecule has 1 atom stereocenters. The average Bonchev–Trinajstić information content (AvgIpc) is 2.47. The van der Waals surface area contributed by atoms with Crippen LogP contribution in [-0.2, 0) is 0 Å². The Morgan fingerprint density at radius 2 is 1.75 bits per heavy atom. The van der Waals surface area contributed by atoms with Crippen molar-refractivity contribution in [3.63, 3.8) is 0 Å². The molecule has 2 aliphatic rings. The van der Waals surface area contributed by atoms with E-state index in [-0.39, 0.29) is 12.4 Å². The molecule has 1 unspecified atom stereocenters. The third-order valence-electron chi connectivity index (χ3n) is 5.03. The maximum atomic E-state index is 3.54. The monoisotopic (exact) mass is 303 g/mol. The molecule has 120 valence electrons. The van der Waals surface area contributed by atoms with Crippen molar-refractivity contribution in [1.82, 2.24) is 15.1 Å². The summed E-state index contributed by atoms with van der Waals surface area (Å²) in [7, 11) is 0. The molecule has 2 rings (SSSR count). The fraction of sp³-hybridized carbons (Fsp3) is 1.00. The molecular weight excluding hydrogens is 270 g/mol. The van der Waals surface area contributed by atoms with Crippen molar-refractivity contribution in [3.05, 3.63) is 0 Å². The highest BCUT2D eigenvalue weighted by Gasteiger charge is 2.23. The lowest BCUT2D eigenvalue weighted by molar-refractivity contribution is 0.127. The van der Waals surface area contributed by atoms with Crippen molar-refractivity contribution in [3.8, 4) is 0 Å². The second kappa shape index (κ2) is 9.99. The van der Waals surface area contributed by atoms with Gasteiger partial charge in [-0.3, -0.25) is 0 Å². The van der Waals surface area contributed by atoms with E-state index in [9.17, 15) is 0 Å². The Morgan fingerprint density at radius 3 is 2.30 bits per heavy atom. The van der Waals surface area contributed by atoms with Gasteiger partial charge in [0.2, 0.25) is 0 Å². The fourth-order valence-electron chi connectivity index (χ4n) is 3.64. The molecule has 0 spiro atoms. The van der Waals surface area contributed by atoms with Crippen LogP contribution in [0.2, 0.25) is 0 Å². The van der Waals surface area contributed by atoms with Crippen LogP contribution in [0.3, 0.4) is 0 Å². The molecule has 0 amide bonds. The number of halogens is 1. The van der Waals surface area contributed by atoms with Gasteiger partial charge in [-0.2, -0.15) is 0 Å². The standard InChI is InChI=1S/C16H33N3.ClH/c1-3-18(4-2)13-15-7-10-19(11-8-15)14-16-6-5-9-17-12-16;/h15-17H,3-14H2,1-2H3;1H. The van der Waals surface area contributed by atoms with Crippen molar-refractivity contribution in [2.45, 2.75) is 39.5 Å². The lowest BCUT2D eigenvalue weighted by Crippen LogP contribution is -2.43. The van der Waals surface area contributed by atoms with Gasteiger partial charge in [-0.1, -0.05) is 13.8 Å². The number of likely N-dealkylation sites (tertiary alicyclic amines) is 1. The molecule has 0 aromatic carbocycles. The largest absolute Gasteiger partial charge is 0.316 e. The van der Waals surface area contributed by atoms with Crippen molar-refractivity contribution < 1.29 is 0 Å². The SMILES string of the molecule is CCN(CC)CC1CCN(CC2CCCNC2)CC1.Cl. The van der Waals surface area contributed by atoms with Gasteiger partial charge in [0.1, 0.15) is 0 Å². The van der Waals surface area contributed by atoms with Crippen molar-refractivity contribution >= 4 is 12.4 Å². The van der Waals surface area contributed by atoms with Gasteiger partial charge in [0, 0.05) is 13.1 Å². The predicted molar refractivity (Wildman–Crippen MR) is 89.8 cm³/mol. The number of hydrogen-bond acceptors (Lipinski definition) is 3. The zero-order chi connectivity index (χ0) is 13.5. The van der Waals surface area contributed by atoms with E-state index in [0.717, 1.165) is 11.8 Å². The number of hydrogen-bond donors (Lipinski definition) is 1. The van der Waals surface area contributed by atoms with Gasteiger partial charge in [0.15, 0.2) is 0 Å². The molecular formula is C16H34ClN3. The Hall–Kier alpha value is 0.170. The van der Waals surface area contributed by atoms with E-state index in [2.05, 4.69) is 29.0 Å². The lowest BCUT2D eigenvalue weighted by atomic mass is 9.93. The molecule has 0 aromatic heterocycles. The van der Waals surface area contributed by atoms with Gasteiger partial charge in [-0.05, 0) is 76.8 Å². The second-order valence-corrected chi connectivity index (χ2v) is 6.44. The molecule has 0 bridgehead atoms. The van der Waals surface area contributed by atoms with Crippen molar-refractivity contribution in [2.75, 3.05) is 52.4 Å². The topological polar surface area (TPSA) is 18.5 Å². The molecule has 0 radical (unpaired) electrons. The zero-order valence-electron chi connectivity index (χ0n) is 13.4. The van der Waals surface area contributed by atoms with Crippen LogP contribution < -0.4 is 5.32 Å². The number of nitrogens with one attached hydrogen (secondary N) is 1. The normalized spacial score (nSPS) is 25.6. The molecule has 3 nitrogen and oxygen atoms in total. The Bertz CT molecular complexity index is 232. The van der Waals surface area contributed by atoms with Gasteiger partial charge < -0.3 is 15.1 Å². The molecule has 2 aliphatic heterocycles. The smallest absolute Gasteiger partial charge is 0.00218 e. The summed E-state index contributed by atoms with van der Waals surface area (Å²) in [6, 6.07) is 0. The summed E-state index contributed by atoms with van der Waals surface area (Å²) in [5.74, 6) is 1.86. The summed E-state index contributed by atoms with van der Waals surface area (Å²) >= 11 is 0. The van der Waals surface area contributed by atoms with Gasteiger partial charge >= 0.3 is 0 Å². The summed E-state index contributed by atoms with van der Waals surface area (Å²) < 4.78 is 0. The van der Waals surface area contributed by atoms with E-state index in [0.29, 0.717) is 0 Å². The Balaban J connectivity index is 0.00000200. The van der Waals surface area contributed by atoms with Crippen LogP contribution >= 0.6 is 12.4 Å². The summed E-state index contributed by atoms with van der Waals surface area (Å²) in [5, 5.41) is 3.54. The summed E-state index contributed by atoms with van der Waals surface area (Å²) in [5.41, 5.74) is 0. The molecule has 20 heavy (non-hydrogen) atoms. The highest BCUT2D eigenvalue weighted by atomic mass is 35.5. The van der Waals surface area contributed by atoms with E-state index in [1.54, 1.807) is 0 Å². The maximum absolute atomic E-state index is 3.54. The van der Waals surface area contributed by atoms with E-state index in [1.165, 1.54) is 78.0 Å². The molecule has 2 fully saturated rings. The van der Waals surface area contributed by atoms with Gasteiger partial charge in [0.25, 0.3) is 0 Å². The van der Waals surface area contributed by atoms with Crippen LogP contribution in [-0.4, -0.2) is 62.2 Å². The van der Waals surface area contributed by atoms with E-state index >= 15 is 0 Å². The third kappa shape index (κ3) is 5.88. The second-order valence-electron chi connectivity index (χ2n) is 6.44. The summed E-state index contributed by atoms with van der Waals surface area (Å²) in [6.45, 7) is 14.8. The molecule has 1 N–H and O–H groups in total. The third-order valence-corrected chi connectivity index (χ3v) is 5.03. The first-order valence-corrected chi connectivity index (χ1v) is 8.47. The molecule has 2 heterocycles. The first-order chi connectivity index (χ1) is 9.31. The lowest BCUT2D eigenvalue weighted by Gasteiger charge is -2.37. The van der Waals surface area contributed by atoms with E-state index in [1.807, 2.05) is 0 Å². The van der Waals surface area contributed by atoms with E-state index in [4.69, 9.17) is 0 Å². The van der Waals surface area contributed by atoms with Crippen LogP contribution in [0.1, 0.15) is 39.5 Å². The molecule has 0 aromatic rings. The van der Waals surface area contributed by atoms with Crippen LogP contribution in [0.4, 0.5) is 0 Å². The van der Waals surface area contributed by atoms with Crippen LogP contribution in [0.15, 0.2) is 0 Å². The fourth-order valence-corrected chi connectivity index (χ4v) is 3.64. The zero-order valence-corrected chi connectivity index (χ0v) is 14.3. The van der Waals surface area contributed by atoms with Gasteiger partial charge in [0.05, 0.1) is 0 Å². The first-order valence-electron chi connectivity index (χ1n) is 8.47. The van der Waals surface area contributed by atoms with Crippen molar-refractivity contribution in [1.29, 1.82) is 0 Å². The Labute approximate surface area is 131 Å². The summed E-state index contributed by atoms with van der Waals surface area (Å²) in [4.78, 5) is 5.31. The minimum Gasteiger partial charge on any atom is -0.316 e. The average molecular weight is 304 g/mol. The maximum Gasteiger partial charge on any atom is 0.00218 e. The highest BCUT2D eigenvalue weighted by molar-refractivity contribution is 5.85. The number of piperidine rings is 2. The van der Waals surface area contributed by atoms with Gasteiger partial charge in [-0.25, -0.2) is 0 Å². The minimum atomic E-state index is 0. The Morgan fingerprint density at radius 1 is 1.05 bits per heavy atom. The number of nitrogens with zero attached hydrogens (tertiary/aromatic N) is 2. The minimum absolute atomic E-state index is 0.